The van der Waals surface area contributed by atoms with Crippen molar-refractivity contribution in [3.63, 3.8) is 0 Å². The second-order valence-electron chi connectivity index (χ2n) is 4.87. The van der Waals surface area contributed by atoms with Gasteiger partial charge in [-0.05, 0) is 57.2 Å². The van der Waals surface area contributed by atoms with Gasteiger partial charge in [-0.1, -0.05) is 13.8 Å². The minimum Gasteiger partial charge on any atom is -0.330 e. The molecule has 1 saturated carbocycles. The molecule has 2 heteroatoms. The van der Waals surface area contributed by atoms with Crippen molar-refractivity contribution in [2.24, 2.45) is 17.6 Å². The van der Waals surface area contributed by atoms with Crippen LogP contribution in [0.15, 0.2) is 0 Å². The molecule has 1 unspecified atom stereocenters. The van der Waals surface area contributed by atoms with E-state index in [0.29, 0.717) is 5.92 Å². The highest BCUT2D eigenvalue weighted by Crippen LogP contribution is 2.29. The Kier molecular flexibility index (Phi) is 5.49. The van der Waals surface area contributed by atoms with Crippen LogP contribution in [0.2, 0.25) is 0 Å². The van der Waals surface area contributed by atoms with E-state index in [4.69, 9.17) is 5.73 Å². The van der Waals surface area contributed by atoms with Crippen LogP contribution in [0.1, 0.15) is 39.5 Å². The predicted molar refractivity (Wildman–Crippen MR) is 62.3 cm³/mol. The summed E-state index contributed by atoms with van der Waals surface area (Å²) in [7, 11) is 0. The molecule has 84 valence electrons. The Morgan fingerprint density at radius 2 is 2.07 bits per heavy atom. The summed E-state index contributed by atoms with van der Waals surface area (Å²) in [6, 6.07) is 0. The van der Waals surface area contributed by atoms with Gasteiger partial charge in [-0.2, -0.15) is 0 Å². The minimum atomic E-state index is 0.688. The summed E-state index contributed by atoms with van der Waals surface area (Å²) in [6.07, 6.45) is 5.48. The standard InChI is InChI=1S/C12H26N2/c1-3-7-14(10-12-4-5-12)8-6-11(2)9-13/h11-12H,3-10,13H2,1-2H3. The molecule has 0 radical (unpaired) electrons. The second-order valence-corrected chi connectivity index (χ2v) is 4.87. The maximum Gasteiger partial charge on any atom is 0.000966 e. The van der Waals surface area contributed by atoms with Crippen molar-refractivity contribution < 1.29 is 0 Å². The van der Waals surface area contributed by atoms with E-state index in [2.05, 4.69) is 18.7 Å². The highest BCUT2D eigenvalue weighted by atomic mass is 15.1. The van der Waals surface area contributed by atoms with Crippen LogP contribution in [0.5, 0.6) is 0 Å². The molecule has 2 nitrogen and oxygen atoms in total. The normalized spacial score (nSPS) is 18.9. The zero-order chi connectivity index (χ0) is 10.4. The zero-order valence-electron chi connectivity index (χ0n) is 9.84. The summed E-state index contributed by atoms with van der Waals surface area (Å²) >= 11 is 0. The van der Waals surface area contributed by atoms with Crippen LogP contribution in [-0.2, 0) is 0 Å². The number of hydrogen-bond acceptors (Lipinski definition) is 2. The molecule has 1 atom stereocenters. The lowest BCUT2D eigenvalue weighted by atomic mass is 10.1. The van der Waals surface area contributed by atoms with Crippen LogP contribution < -0.4 is 5.73 Å². The van der Waals surface area contributed by atoms with Gasteiger partial charge in [-0.3, -0.25) is 0 Å². The first-order valence-electron chi connectivity index (χ1n) is 6.18. The molecule has 0 aromatic heterocycles. The number of rotatable bonds is 8. The molecule has 0 spiro atoms. The Labute approximate surface area is 88.8 Å². The van der Waals surface area contributed by atoms with Gasteiger partial charge in [0.2, 0.25) is 0 Å². The number of nitrogens with two attached hydrogens (primary N) is 1. The Hall–Kier alpha value is -0.0800. The van der Waals surface area contributed by atoms with Crippen molar-refractivity contribution in [3.8, 4) is 0 Å². The van der Waals surface area contributed by atoms with E-state index in [0.717, 1.165) is 12.5 Å². The lowest BCUT2D eigenvalue weighted by molar-refractivity contribution is 0.246. The third kappa shape index (κ3) is 4.97. The maximum absolute atomic E-state index is 5.63. The third-order valence-corrected chi connectivity index (χ3v) is 3.09. The highest BCUT2D eigenvalue weighted by Gasteiger charge is 2.23. The van der Waals surface area contributed by atoms with Gasteiger partial charge in [0, 0.05) is 6.54 Å². The van der Waals surface area contributed by atoms with E-state index >= 15 is 0 Å². The Morgan fingerprint density at radius 3 is 2.57 bits per heavy atom. The summed E-state index contributed by atoms with van der Waals surface area (Å²) in [5, 5.41) is 0. The molecule has 2 N–H and O–H groups in total. The van der Waals surface area contributed by atoms with Gasteiger partial charge in [-0.25, -0.2) is 0 Å². The van der Waals surface area contributed by atoms with Crippen LogP contribution in [0.25, 0.3) is 0 Å². The van der Waals surface area contributed by atoms with Crippen molar-refractivity contribution in [3.05, 3.63) is 0 Å². The van der Waals surface area contributed by atoms with Gasteiger partial charge >= 0.3 is 0 Å². The molecule has 0 aromatic carbocycles. The minimum absolute atomic E-state index is 0.688. The van der Waals surface area contributed by atoms with E-state index in [1.165, 1.54) is 45.3 Å². The van der Waals surface area contributed by atoms with Crippen LogP contribution in [0.4, 0.5) is 0 Å². The topological polar surface area (TPSA) is 29.3 Å². The van der Waals surface area contributed by atoms with Gasteiger partial charge < -0.3 is 10.6 Å². The molecule has 0 bridgehead atoms. The number of hydrogen-bond donors (Lipinski definition) is 1. The van der Waals surface area contributed by atoms with Gasteiger partial charge in [-0.15, -0.1) is 0 Å². The molecule has 0 saturated heterocycles. The third-order valence-electron chi connectivity index (χ3n) is 3.09. The van der Waals surface area contributed by atoms with Crippen LogP contribution in [-0.4, -0.2) is 31.1 Å². The van der Waals surface area contributed by atoms with Crippen LogP contribution in [0.3, 0.4) is 0 Å². The molecule has 0 aliphatic heterocycles. The molecule has 1 aliphatic rings. The largest absolute Gasteiger partial charge is 0.330 e. The van der Waals surface area contributed by atoms with Crippen molar-refractivity contribution >= 4 is 0 Å². The monoisotopic (exact) mass is 198 g/mol. The average Bonchev–Trinajstić information content (AvgIpc) is 2.98. The van der Waals surface area contributed by atoms with Crippen LogP contribution in [0, 0.1) is 11.8 Å². The van der Waals surface area contributed by atoms with Crippen LogP contribution >= 0.6 is 0 Å². The lowest BCUT2D eigenvalue weighted by Crippen LogP contribution is -2.30. The Morgan fingerprint density at radius 1 is 1.36 bits per heavy atom. The molecule has 0 amide bonds. The van der Waals surface area contributed by atoms with Gasteiger partial charge in [0.15, 0.2) is 0 Å². The molecular weight excluding hydrogens is 172 g/mol. The van der Waals surface area contributed by atoms with Gasteiger partial charge in [0.25, 0.3) is 0 Å². The Bertz CT molecular complexity index is 143. The molecule has 0 aromatic rings. The Balaban J connectivity index is 2.12. The molecule has 1 aliphatic carbocycles. The summed E-state index contributed by atoms with van der Waals surface area (Å²) in [6.45, 7) is 9.22. The van der Waals surface area contributed by atoms with E-state index < -0.39 is 0 Å². The fourth-order valence-corrected chi connectivity index (χ4v) is 1.80. The SMILES string of the molecule is CCCN(CCC(C)CN)CC1CC1. The van der Waals surface area contributed by atoms with E-state index in [-0.39, 0.29) is 0 Å². The lowest BCUT2D eigenvalue weighted by Gasteiger charge is -2.22. The molecule has 1 fully saturated rings. The fourth-order valence-electron chi connectivity index (χ4n) is 1.80. The molecule has 1 rings (SSSR count). The van der Waals surface area contributed by atoms with E-state index in [9.17, 15) is 0 Å². The molecular formula is C12H26N2. The average molecular weight is 198 g/mol. The maximum atomic E-state index is 5.63. The molecule has 14 heavy (non-hydrogen) atoms. The van der Waals surface area contributed by atoms with Crippen molar-refractivity contribution in [2.45, 2.75) is 39.5 Å². The summed E-state index contributed by atoms with van der Waals surface area (Å²) in [5.74, 6) is 1.71. The first-order valence-corrected chi connectivity index (χ1v) is 6.18. The smallest absolute Gasteiger partial charge is 0.000966 e. The van der Waals surface area contributed by atoms with Crippen molar-refractivity contribution in [2.75, 3.05) is 26.2 Å². The quantitative estimate of drug-likeness (QED) is 0.647. The first kappa shape index (κ1) is 12.0. The summed E-state index contributed by atoms with van der Waals surface area (Å²) < 4.78 is 0. The fraction of sp³-hybridized carbons (Fsp3) is 1.00. The van der Waals surface area contributed by atoms with E-state index in [1.54, 1.807) is 0 Å². The summed E-state index contributed by atoms with van der Waals surface area (Å²) in [4.78, 5) is 2.63. The second kappa shape index (κ2) is 6.41. The zero-order valence-corrected chi connectivity index (χ0v) is 9.84. The molecule has 0 heterocycles. The van der Waals surface area contributed by atoms with Crippen molar-refractivity contribution in [1.82, 2.24) is 4.90 Å². The number of nitrogens with zero attached hydrogens (tertiary/aromatic N) is 1. The van der Waals surface area contributed by atoms with Gasteiger partial charge in [0.1, 0.15) is 0 Å². The van der Waals surface area contributed by atoms with Gasteiger partial charge in [0.05, 0.1) is 0 Å². The van der Waals surface area contributed by atoms with E-state index in [1.807, 2.05) is 0 Å². The predicted octanol–water partition coefficient (Wildman–Crippen LogP) is 2.09. The van der Waals surface area contributed by atoms with Crippen molar-refractivity contribution in [1.29, 1.82) is 0 Å². The highest BCUT2D eigenvalue weighted by molar-refractivity contribution is 4.77. The first-order chi connectivity index (χ1) is 6.76. The summed E-state index contributed by atoms with van der Waals surface area (Å²) in [5.41, 5.74) is 5.63.